The topological polar surface area (TPSA) is 138 Å². The van der Waals surface area contributed by atoms with Crippen LogP contribution in [0.3, 0.4) is 0 Å². The molecule has 3 amide bonds. The number of hydrogen-bond donors (Lipinski definition) is 2. The predicted molar refractivity (Wildman–Crippen MR) is 186 cm³/mol. The van der Waals surface area contributed by atoms with Crippen molar-refractivity contribution < 1.29 is 14.4 Å². The summed E-state index contributed by atoms with van der Waals surface area (Å²) in [5, 5.41) is 14.6. The van der Waals surface area contributed by atoms with Crippen molar-refractivity contribution in [1.82, 2.24) is 34.7 Å². The van der Waals surface area contributed by atoms with Crippen molar-refractivity contribution >= 4 is 40.7 Å². The Kier molecular flexibility index (Phi) is 9.23. The second-order valence-electron chi connectivity index (χ2n) is 14.3. The van der Waals surface area contributed by atoms with E-state index in [0.717, 1.165) is 82.6 Å². The van der Waals surface area contributed by atoms with E-state index < -0.39 is 6.04 Å². The zero-order valence-electron chi connectivity index (χ0n) is 28.1. The number of amides is 3. The summed E-state index contributed by atoms with van der Waals surface area (Å²) in [6.45, 7) is 5.07. The molecule has 0 aliphatic carbocycles. The second kappa shape index (κ2) is 13.6. The molecular formula is C35H44ClN9O4. The lowest BCUT2D eigenvalue weighted by Gasteiger charge is -2.47. The number of likely N-dealkylation sites (N-methyl/N-ethyl adjacent to an activating group) is 1. The lowest BCUT2D eigenvalue weighted by Crippen LogP contribution is -2.48. The molecule has 7 rings (SSSR count). The summed E-state index contributed by atoms with van der Waals surface area (Å²) in [5.41, 5.74) is 3.39. The first-order valence-electron chi connectivity index (χ1n) is 17.3. The van der Waals surface area contributed by atoms with Gasteiger partial charge in [-0.25, -0.2) is 4.68 Å². The van der Waals surface area contributed by atoms with Gasteiger partial charge in [0.25, 0.3) is 17.4 Å². The highest BCUT2D eigenvalue weighted by Crippen LogP contribution is 2.42. The minimum atomic E-state index is -0.443. The number of nitrogens with one attached hydrogen (secondary N) is 2. The van der Waals surface area contributed by atoms with E-state index in [9.17, 15) is 19.2 Å². The monoisotopic (exact) mass is 689 g/mol. The minimum Gasteiger partial charge on any atom is -0.378 e. The van der Waals surface area contributed by atoms with Gasteiger partial charge in [0, 0.05) is 70.5 Å². The molecule has 1 unspecified atom stereocenters. The summed E-state index contributed by atoms with van der Waals surface area (Å²) in [6, 6.07) is 7.76. The van der Waals surface area contributed by atoms with Crippen molar-refractivity contribution in [3.05, 3.63) is 69.4 Å². The third-order valence-corrected chi connectivity index (χ3v) is 11.5. The van der Waals surface area contributed by atoms with E-state index in [1.165, 1.54) is 10.2 Å². The molecule has 3 aromatic rings. The molecule has 3 atom stereocenters. The van der Waals surface area contributed by atoms with Gasteiger partial charge in [-0.3, -0.25) is 29.2 Å². The van der Waals surface area contributed by atoms with Crippen molar-refractivity contribution in [3.63, 3.8) is 0 Å². The van der Waals surface area contributed by atoms with Gasteiger partial charge >= 0.3 is 0 Å². The summed E-state index contributed by atoms with van der Waals surface area (Å²) in [6.07, 6.45) is 11.1. The Bertz CT molecular complexity index is 1770. The molecule has 13 nitrogen and oxygen atoms in total. The number of rotatable bonds is 6. The maximum atomic E-state index is 13.6. The van der Waals surface area contributed by atoms with Crippen molar-refractivity contribution in [1.29, 1.82) is 0 Å². The van der Waals surface area contributed by atoms with Gasteiger partial charge in [-0.05, 0) is 74.6 Å². The molecule has 260 valence electrons. The number of anilines is 2. The standard InChI is InChI=1S/C35H44ClN9O4/c1-41-20-25(17-26(21-41)39-28-19-37-42(2)34(49)31(28)36)23-3-5-24(6-4-23)33(48)44-15-11-35(12-16-44)9-13-43(14-10-35)27-18-38-45(22-27)29-7-8-30(46)40-32(29)47/h3-6,18-19,22,25-26,29,39H,7-17,20-21H2,1-2H3,(H,40,46,47)/t25-,26+,29?/m1/s1. The van der Waals surface area contributed by atoms with Gasteiger partial charge in [-0.15, -0.1) is 0 Å². The van der Waals surface area contributed by atoms with Crippen LogP contribution in [0.5, 0.6) is 0 Å². The van der Waals surface area contributed by atoms with Crippen molar-refractivity contribution in [2.45, 2.75) is 62.9 Å². The fourth-order valence-corrected chi connectivity index (χ4v) is 8.32. The van der Waals surface area contributed by atoms with Gasteiger partial charge in [-0.1, -0.05) is 23.7 Å². The molecule has 2 N–H and O–H groups in total. The number of carbonyl (C=O) groups is 3. The molecule has 0 saturated carbocycles. The second-order valence-corrected chi connectivity index (χ2v) is 14.7. The average molecular weight is 690 g/mol. The molecule has 14 heteroatoms. The van der Waals surface area contributed by atoms with Gasteiger partial charge in [0.15, 0.2) is 0 Å². The summed E-state index contributed by atoms with van der Waals surface area (Å²) < 4.78 is 2.91. The van der Waals surface area contributed by atoms with Gasteiger partial charge in [0.2, 0.25) is 5.91 Å². The van der Waals surface area contributed by atoms with Crippen LogP contribution in [0.15, 0.2) is 47.7 Å². The lowest BCUT2D eigenvalue weighted by molar-refractivity contribution is -0.135. The number of aromatic nitrogens is 4. The highest BCUT2D eigenvalue weighted by molar-refractivity contribution is 6.32. The van der Waals surface area contributed by atoms with E-state index in [1.54, 1.807) is 17.9 Å². The third kappa shape index (κ3) is 6.96. The minimum absolute atomic E-state index is 0.0906. The molecule has 4 aliphatic rings. The summed E-state index contributed by atoms with van der Waals surface area (Å²) in [5.74, 6) is -0.154. The normalized spacial score (nSPS) is 24.6. The first kappa shape index (κ1) is 33.3. The number of halogens is 1. The highest BCUT2D eigenvalue weighted by atomic mass is 35.5. The van der Waals surface area contributed by atoms with Crippen LogP contribution in [0.25, 0.3) is 0 Å². The first-order valence-corrected chi connectivity index (χ1v) is 17.6. The van der Waals surface area contributed by atoms with Gasteiger partial charge in [-0.2, -0.15) is 10.2 Å². The van der Waals surface area contributed by atoms with E-state index >= 15 is 0 Å². The maximum absolute atomic E-state index is 13.6. The average Bonchev–Trinajstić information content (AvgIpc) is 3.59. The van der Waals surface area contributed by atoms with Crippen molar-refractivity contribution in [3.8, 4) is 0 Å². The van der Waals surface area contributed by atoms with Crippen LogP contribution in [0.4, 0.5) is 11.4 Å². The molecule has 49 heavy (non-hydrogen) atoms. The molecule has 0 bridgehead atoms. The summed E-state index contributed by atoms with van der Waals surface area (Å²) in [7, 11) is 3.67. The van der Waals surface area contributed by atoms with Gasteiger partial charge in [0.05, 0.1) is 23.8 Å². The van der Waals surface area contributed by atoms with Gasteiger partial charge < -0.3 is 20.0 Å². The number of piperidine rings is 4. The summed E-state index contributed by atoms with van der Waals surface area (Å²) >= 11 is 6.31. The Morgan fingerprint density at radius 1 is 0.959 bits per heavy atom. The fourth-order valence-electron chi connectivity index (χ4n) is 8.10. The molecular weight excluding hydrogens is 646 g/mol. The lowest BCUT2D eigenvalue weighted by atomic mass is 9.71. The Labute approximate surface area is 290 Å². The number of hydrogen-bond acceptors (Lipinski definition) is 9. The molecule has 6 heterocycles. The molecule has 1 spiro atoms. The zero-order valence-corrected chi connectivity index (χ0v) is 28.9. The SMILES string of the molecule is CN1C[C@@H](Nc2cnn(C)c(=O)c2Cl)C[C@@H](c2ccc(C(=O)N3CCC4(CC3)CCN(c3cnn(C5CCC(=O)NC5=O)c3)CC4)cc2)C1. The number of benzene rings is 1. The highest BCUT2D eigenvalue weighted by Gasteiger charge is 2.39. The number of imide groups is 1. The van der Waals surface area contributed by atoms with Crippen LogP contribution in [-0.4, -0.2) is 99.4 Å². The Balaban J connectivity index is 0.907. The smallest absolute Gasteiger partial charge is 0.287 e. The number of likely N-dealkylation sites (tertiary alicyclic amines) is 2. The van der Waals surface area contributed by atoms with Gasteiger partial charge in [0.1, 0.15) is 11.1 Å². The molecule has 0 radical (unpaired) electrons. The van der Waals surface area contributed by atoms with Crippen molar-refractivity contribution in [2.75, 3.05) is 56.5 Å². The predicted octanol–water partition coefficient (Wildman–Crippen LogP) is 3.03. The first-order chi connectivity index (χ1) is 23.6. The van der Waals surface area contributed by atoms with Crippen LogP contribution in [0.2, 0.25) is 5.02 Å². The Hall–Kier alpha value is -4.23. The van der Waals surface area contributed by atoms with E-state index in [0.29, 0.717) is 18.5 Å². The molecule has 4 fully saturated rings. The van der Waals surface area contributed by atoms with E-state index in [-0.39, 0.29) is 45.7 Å². The van der Waals surface area contributed by atoms with Crippen LogP contribution < -0.4 is 21.1 Å². The number of aryl methyl sites for hydroxylation is 1. The Morgan fingerprint density at radius 3 is 2.39 bits per heavy atom. The van der Waals surface area contributed by atoms with E-state index in [4.69, 9.17) is 11.6 Å². The maximum Gasteiger partial charge on any atom is 0.287 e. The molecule has 4 saturated heterocycles. The largest absolute Gasteiger partial charge is 0.378 e. The van der Waals surface area contributed by atoms with Crippen molar-refractivity contribution in [2.24, 2.45) is 12.5 Å². The van der Waals surface area contributed by atoms with Crippen LogP contribution >= 0.6 is 11.6 Å². The molecule has 2 aromatic heterocycles. The molecule has 1 aromatic carbocycles. The number of nitrogens with zero attached hydrogens (tertiary/aromatic N) is 7. The van der Waals surface area contributed by atoms with E-state index in [1.807, 2.05) is 29.4 Å². The zero-order chi connectivity index (χ0) is 34.3. The Morgan fingerprint density at radius 2 is 1.67 bits per heavy atom. The van der Waals surface area contributed by atoms with Crippen LogP contribution in [-0.2, 0) is 16.6 Å². The number of carbonyl (C=O) groups excluding carboxylic acids is 3. The summed E-state index contributed by atoms with van der Waals surface area (Å²) in [4.78, 5) is 56.2. The van der Waals surface area contributed by atoms with E-state index in [2.05, 4.69) is 49.8 Å². The quantitative estimate of drug-likeness (QED) is 0.374. The van der Waals surface area contributed by atoms with Crippen LogP contribution in [0.1, 0.15) is 72.8 Å². The van der Waals surface area contributed by atoms with Crippen LogP contribution in [0, 0.1) is 5.41 Å². The third-order valence-electron chi connectivity index (χ3n) is 11.1. The molecule has 4 aliphatic heterocycles. The fraction of sp³-hybridized carbons (Fsp3) is 0.543.